The maximum Gasteiger partial charge on any atom is 0.251 e. The third-order valence-corrected chi connectivity index (χ3v) is 2.38. The van der Waals surface area contributed by atoms with Crippen LogP contribution in [0.25, 0.3) is 0 Å². The normalized spacial score (nSPS) is 9.76. The summed E-state index contributed by atoms with van der Waals surface area (Å²) in [6.45, 7) is 0.434. The van der Waals surface area contributed by atoms with Gasteiger partial charge in [0, 0.05) is 18.5 Å². The predicted molar refractivity (Wildman–Crippen MR) is 65.4 cm³/mol. The molecule has 0 aliphatic rings. The molecule has 1 aromatic rings. The molecule has 1 rings (SSSR count). The van der Waals surface area contributed by atoms with E-state index >= 15 is 0 Å². The van der Waals surface area contributed by atoms with Crippen molar-refractivity contribution in [2.24, 2.45) is 0 Å². The Hall–Kier alpha value is -1.55. The van der Waals surface area contributed by atoms with Crippen LogP contribution in [-0.4, -0.2) is 24.8 Å². The highest BCUT2D eigenvalue weighted by molar-refractivity contribution is 6.63. The summed E-state index contributed by atoms with van der Waals surface area (Å²) in [6, 6.07) is 6.80. The Kier molecular flexibility index (Phi) is 5.49. The lowest BCUT2D eigenvalue weighted by molar-refractivity contribution is -0.111. The Morgan fingerprint density at radius 3 is 2.47 bits per heavy atom. The van der Waals surface area contributed by atoms with Crippen molar-refractivity contribution in [3.8, 4) is 5.75 Å². The molecule has 0 heterocycles. The second kappa shape index (κ2) is 6.91. The molecule has 0 aliphatic carbocycles. The van der Waals surface area contributed by atoms with Crippen LogP contribution in [0.15, 0.2) is 24.3 Å². The fourth-order valence-electron chi connectivity index (χ4n) is 1.27. The molecule has 0 atom stereocenters. The molecule has 0 aromatic heterocycles. The van der Waals surface area contributed by atoms with E-state index < -0.39 is 0 Å². The number of nitrogens with one attached hydrogen (secondary N) is 1. The largest absolute Gasteiger partial charge is 0.497 e. The SMILES string of the molecule is COc1ccc(C(=O)NCCCC(=O)Cl)cc1. The molecule has 0 aliphatic heterocycles. The van der Waals surface area contributed by atoms with Crippen molar-refractivity contribution in [2.45, 2.75) is 12.8 Å². The van der Waals surface area contributed by atoms with Crippen molar-refractivity contribution < 1.29 is 14.3 Å². The minimum atomic E-state index is -0.385. The second-order valence-corrected chi connectivity index (χ2v) is 3.86. The van der Waals surface area contributed by atoms with E-state index in [9.17, 15) is 9.59 Å². The molecule has 0 radical (unpaired) electrons. The number of benzene rings is 1. The van der Waals surface area contributed by atoms with Gasteiger partial charge in [-0.15, -0.1) is 0 Å². The number of amides is 1. The number of rotatable bonds is 6. The van der Waals surface area contributed by atoms with Gasteiger partial charge in [-0.2, -0.15) is 0 Å². The molecule has 92 valence electrons. The van der Waals surface area contributed by atoms with Crippen LogP contribution in [-0.2, 0) is 4.79 Å². The second-order valence-electron chi connectivity index (χ2n) is 3.44. The lowest BCUT2D eigenvalue weighted by Gasteiger charge is -2.05. The first-order valence-electron chi connectivity index (χ1n) is 5.24. The molecular formula is C12H14ClNO3. The highest BCUT2D eigenvalue weighted by Gasteiger charge is 2.05. The summed E-state index contributed by atoms with van der Waals surface area (Å²) >= 11 is 5.18. The monoisotopic (exact) mass is 255 g/mol. The average Bonchev–Trinajstić information content (AvgIpc) is 2.34. The zero-order chi connectivity index (χ0) is 12.7. The summed E-state index contributed by atoms with van der Waals surface area (Å²) in [7, 11) is 1.57. The van der Waals surface area contributed by atoms with E-state index in [1.165, 1.54) is 0 Å². The van der Waals surface area contributed by atoms with Crippen molar-refractivity contribution >= 4 is 22.8 Å². The number of hydrogen-bond acceptors (Lipinski definition) is 3. The molecular weight excluding hydrogens is 242 g/mol. The fraction of sp³-hybridized carbons (Fsp3) is 0.333. The molecule has 0 spiro atoms. The van der Waals surface area contributed by atoms with Gasteiger partial charge in [0.1, 0.15) is 5.75 Å². The first-order chi connectivity index (χ1) is 8.13. The summed E-state index contributed by atoms with van der Waals surface area (Å²) < 4.78 is 4.99. The van der Waals surface area contributed by atoms with Crippen LogP contribution in [0.2, 0.25) is 0 Å². The summed E-state index contributed by atoms with van der Waals surface area (Å²) in [5, 5.41) is 2.32. The van der Waals surface area contributed by atoms with Crippen LogP contribution in [0.5, 0.6) is 5.75 Å². The molecule has 0 unspecified atom stereocenters. The van der Waals surface area contributed by atoms with Gasteiger partial charge in [0.25, 0.3) is 5.91 Å². The third-order valence-electron chi connectivity index (χ3n) is 2.19. The number of carbonyl (C=O) groups is 2. The van der Waals surface area contributed by atoms with E-state index in [1.807, 2.05) is 0 Å². The van der Waals surface area contributed by atoms with Crippen LogP contribution in [0.3, 0.4) is 0 Å². The van der Waals surface area contributed by atoms with Gasteiger partial charge in [-0.3, -0.25) is 9.59 Å². The molecule has 0 saturated heterocycles. The number of methoxy groups -OCH3 is 1. The van der Waals surface area contributed by atoms with Gasteiger partial charge in [0.15, 0.2) is 0 Å². The standard InChI is InChI=1S/C12H14ClNO3/c1-17-10-6-4-9(5-7-10)12(16)14-8-2-3-11(13)15/h4-7H,2-3,8H2,1H3,(H,14,16). The van der Waals surface area contributed by atoms with Crippen molar-refractivity contribution in [1.29, 1.82) is 0 Å². The van der Waals surface area contributed by atoms with Crippen molar-refractivity contribution in [3.63, 3.8) is 0 Å². The smallest absolute Gasteiger partial charge is 0.251 e. The highest BCUT2D eigenvalue weighted by atomic mass is 35.5. The molecule has 0 fully saturated rings. The maximum atomic E-state index is 11.6. The third kappa shape index (κ3) is 4.87. The molecule has 1 amide bonds. The number of ether oxygens (including phenoxy) is 1. The van der Waals surface area contributed by atoms with Crippen molar-refractivity contribution in [1.82, 2.24) is 5.32 Å². The molecule has 0 saturated carbocycles. The van der Waals surface area contributed by atoms with E-state index in [-0.39, 0.29) is 17.6 Å². The van der Waals surface area contributed by atoms with E-state index in [0.717, 1.165) is 0 Å². The Labute approximate surface area is 105 Å². The van der Waals surface area contributed by atoms with Crippen LogP contribution in [0.1, 0.15) is 23.2 Å². The van der Waals surface area contributed by atoms with Gasteiger partial charge >= 0.3 is 0 Å². The van der Waals surface area contributed by atoms with E-state index in [0.29, 0.717) is 24.3 Å². The summed E-state index contributed by atoms with van der Waals surface area (Å²) in [5.41, 5.74) is 0.558. The zero-order valence-corrected chi connectivity index (χ0v) is 10.3. The quantitative estimate of drug-likeness (QED) is 0.625. The molecule has 5 heteroatoms. The predicted octanol–water partition coefficient (Wildman–Crippen LogP) is 1.97. The lowest BCUT2D eigenvalue weighted by Crippen LogP contribution is -2.24. The fourth-order valence-corrected chi connectivity index (χ4v) is 1.41. The lowest BCUT2D eigenvalue weighted by atomic mass is 10.2. The summed E-state index contributed by atoms with van der Waals surface area (Å²) in [4.78, 5) is 22.1. The van der Waals surface area contributed by atoms with Gasteiger partial charge in [0.05, 0.1) is 7.11 Å². The number of halogens is 1. The van der Waals surface area contributed by atoms with Crippen LogP contribution < -0.4 is 10.1 Å². The summed E-state index contributed by atoms with van der Waals surface area (Å²) in [5.74, 6) is 0.531. The number of carbonyl (C=O) groups excluding carboxylic acids is 2. The van der Waals surface area contributed by atoms with Gasteiger partial charge in [-0.05, 0) is 42.3 Å². The Balaban J connectivity index is 2.38. The van der Waals surface area contributed by atoms with Gasteiger partial charge in [-0.25, -0.2) is 0 Å². The van der Waals surface area contributed by atoms with Crippen LogP contribution >= 0.6 is 11.6 Å². The Morgan fingerprint density at radius 2 is 1.94 bits per heavy atom. The van der Waals surface area contributed by atoms with Crippen LogP contribution in [0, 0.1) is 0 Å². The minimum Gasteiger partial charge on any atom is -0.497 e. The first kappa shape index (κ1) is 13.5. The molecule has 17 heavy (non-hydrogen) atoms. The Morgan fingerprint density at radius 1 is 1.29 bits per heavy atom. The van der Waals surface area contributed by atoms with Gasteiger partial charge in [0.2, 0.25) is 5.24 Å². The van der Waals surface area contributed by atoms with E-state index in [2.05, 4.69) is 5.32 Å². The topological polar surface area (TPSA) is 55.4 Å². The molecule has 4 nitrogen and oxygen atoms in total. The Bertz CT molecular complexity index is 389. The van der Waals surface area contributed by atoms with E-state index in [1.54, 1.807) is 31.4 Å². The number of hydrogen-bond donors (Lipinski definition) is 1. The summed E-state index contributed by atoms with van der Waals surface area (Å²) in [6.07, 6.45) is 0.814. The zero-order valence-electron chi connectivity index (χ0n) is 9.53. The first-order valence-corrected chi connectivity index (χ1v) is 5.62. The van der Waals surface area contributed by atoms with Gasteiger partial charge in [-0.1, -0.05) is 0 Å². The molecule has 1 N–H and O–H groups in total. The highest BCUT2D eigenvalue weighted by Crippen LogP contribution is 2.10. The van der Waals surface area contributed by atoms with E-state index in [4.69, 9.17) is 16.3 Å². The van der Waals surface area contributed by atoms with Crippen molar-refractivity contribution in [2.75, 3.05) is 13.7 Å². The maximum absolute atomic E-state index is 11.6. The molecule has 0 bridgehead atoms. The van der Waals surface area contributed by atoms with Crippen molar-refractivity contribution in [3.05, 3.63) is 29.8 Å². The van der Waals surface area contributed by atoms with Crippen LogP contribution in [0.4, 0.5) is 0 Å². The minimum absolute atomic E-state index is 0.172. The van der Waals surface area contributed by atoms with Gasteiger partial charge < -0.3 is 10.1 Å². The average molecular weight is 256 g/mol. The molecule has 1 aromatic carbocycles.